The Kier molecular flexibility index (Phi) is 3.20. The average molecular weight is 330 g/mol. The Labute approximate surface area is 130 Å². The maximum absolute atomic E-state index is 6.26. The summed E-state index contributed by atoms with van der Waals surface area (Å²) in [5, 5.41) is 5.86. The Bertz CT molecular complexity index is 809. The van der Waals surface area contributed by atoms with Gasteiger partial charge in [0, 0.05) is 12.1 Å². The van der Waals surface area contributed by atoms with Crippen LogP contribution in [0.15, 0.2) is 12.1 Å². The predicted octanol–water partition coefficient (Wildman–Crippen LogP) is 4.34. The number of halogens is 3. The van der Waals surface area contributed by atoms with E-state index in [1.165, 1.54) is 0 Å². The van der Waals surface area contributed by atoms with Gasteiger partial charge in [0.15, 0.2) is 5.65 Å². The van der Waals surface area contributed by atoms with Crippen LogP contribution in [-0.2, 0) is 7.05 Å². The Balaban J connectivity index is 2.39. The Morgan fingerprint density at radius 3 is 2.25 bits per heavy atom. The molecular formula is C13H11Cl3N4. The number of rotatable bonds is 1. The lowest BCUT2D eigenvalue weighted by Crippen LogP contribution is -2.00. The Morgan fingerprint density at radius 2 is 1.65 bits per heavy atom. The van der Waals surface area contributed by atoms with Gasteiger partial charge >= 0.3 is 0 Å². The molecule has 0 aliphatic rings. The van der Waals surface area contributed by atoms with Crippen LogP contribution in [0.3, 0.4) is 0 Å². The number of imidazole rings is 1. The maximum Gasteiger partial charge on any atom is 0.181 e. The number of aromatic nitrogens is 4. The molecule has 0 aliphatic carbocycles. The largest absolute Gasteiger partial charge is 0.328 e. The summed E-state index contributed by atoms with van der Waals surface area (Å²) >= 11 is 18.5. The van der Waals surface area contributed by atoms with Gasteiger partial charge in [-0.15, -0.1) is 0 Å². The number of benzene rings is 1. The lowest BCUT2D eigenvalue weighted by Gasteiger charge is -2.07. The number of fused-ring (bicyclic) bond motifs is 1. The Morgan fingerprint density at radius 1 is 1.05 bits per heavy atom. The van der Waals surface area contributed by atoms with Gasteiger partial charge in [-0.3, -0.25) is 0 Å². The van der Waals surface area contributed by atoms with Gasteiger partial charge in [-0.05, 0) is 26.0 Å². The molecule has 0 fully saturated rings. The summed E-state index contributed by atoms with van der Waals surface area (Å²) in [4.78, 5) is 4.53. The van der Waals surface area contributed by atoms with Crippen molar-refractivity contribution in [2.75, 3.05) is 0 Å². The first kappa shape index (κ1) is 13.7. The zero-order valence-electron chi connectivity index (χ0n) is 11.1. The second-order valence-electron chi connectivity index (χ2n) is 4.61. The quantitative estimate of drug-likeness (QED) is 0.666. The zero-order valence-corrected chi connectivity index (χ0v) is 13.3. The molecule has 7 heteroatoms. The molecule has 2 aromatic heterocycles. The minimum absolute atomic E-state index is 0.440. The SMILES string of the molecule is Cc1nn(-c2c(Cl)cc(Cl)cc2Cl)c2nc(C)n(C)c12. The third-order valence-electron chi connectivity index (χ3n) is 3.29. The summed E-state index contributed by atoms with van der Waals surface area (Å²) in [6.45, 7) is 3.87. The van der Waals surface area contributed by atoms with Gasteiger partial charge in [0.1, 0.15) is 17.0 Å². The van der Waals surface area contributed by atoms with Crippen LogP contribution >= 0.6 is 34.8 Å². The normalized spacial score (nSPS) is 11.5. The summed E-state index contributed by atoms with van der Waals surface area (Å²) in [6, 6.07) is 3.28. The van der Waals surface area contributed by atoms with Crippen molar-refractivity contribution in [1.82, 2.24) is 19.3 Å². The molecule has 0 saturated carbocycles. The highest BCUT2D eigenvalue weighted by atomic mass is 35.5. The molecule has 4 nitrogen and oxygen atoms in total. The second kappa shape index (κ2) is 4.65. The van der Waals surface area contributed by atoms with Crippen LogP contribution in [0.4, 0.5) is 0 Å². The van der Waals surface area contributed by atoms with E-state index in [-0.39, 0.29) is 0 Å². The molecule has 0 unspecified atom stereocenters. The van der Waals surface area contributed by atoms with E-state index in [9.17, 15) is 0 Å². The number of hydrogen-bond acceptors (Lipinski definition) is 2. The third kappa shape index (κ3) is 1.91. The molecule has 0 amide bonds. The molecule has 1 aromatic carbocycles. The van der Waals surface area contributed by atoms with Gasteiger partial charge in [0.2, 0.25) is 0 Å². The van der Waals surface area contributed by atoms with E-state index in [4.69, 9.17) is 34.8 Å². The highest BCUT2D eigenvalue weighted by Gasteiger charge is 2.19. The molecule has 20 heavy (non-hydrogen) atoms. The lowest BCUT2D eigenvalue weighted by atomic mass is 10.3. The van der Waals surface area contributed by atoms with Crippen LogP contribution in [0.1, 0.15) is 11.5 Å². The first-order valence-electron chi connectivity index (χ1n) is 5.93. The van der Waals surface area contributed by atoms with Gasteiger partial charge in [-0.25, -0.2) is 9.67 Å². The standard InChI is InChI=1S/C13H11Cl3N4/c1-6-11-13(17-7(2)19(11)3)20(18-6)12-9(15)4-8(14)5-10(12)16/h4-5H,1-3H3. The number of nitrogens with zero attached hydrogens (tertiary/aromatic N) is 4. The van der Waals surface area contributed by atoms with Crippen LogP contribution in [-0.4, -0.2) is 19.3 Å². The molecule has 0 bridgehead atoms. The van der Waals surface area contributed by atoms with Gasteiger partial charge in [0.25, 0.3) is 0 Å². The van der Waals surface area contributed by atoms with E-state index in [1.54, 1.807) is 16.8 Å². The molecule has 0 spiro atoms. The molecule has 0 radical (unpaired) electrons. The highest BCUT2D eigenvalue weighted by molar-refractivity contribution is 6.40. The van der Waals surface area contributed by atoms with E-state index < -0.39 is 0 Å². The average Bonchev–Trinajstić information content (AvgIpc) is 2.79. The molecular weight excluding hydrogens is 319 g/mol. The Hall–Kier alpha value is -1.23. The molecule has 104 valence electrons. The fourth-order valence-electron chi connectivity index (χ4n) is 2.28. The first-order chi connectivity index (χ1) is 9.40. The fraction of sp³-hybridized carbons (Fsp3) is 0.231. The van der Waals surface area contributed by atoms with Gasteiger partial charge in [-0.2, -0.15) is 5.10 Å². The van der Waals surface area contributed by atoms with Crippen molar-refractivity contribution in [3.63, 3.8) is 0 Å². The lowest BCUT2D eigenvalue weighted by molar-refractivity contribution is 0.842. The summed E-state index contributed by atoms with van der Waals surface area (Å²) in [5.74, 6) is 0.899. The topological polar surface area (TPSA) is 35.6 Å². The second-order valence-corrected chi connectivity index (χ2v) is 5.86. The molecule has 0 atom stereocenters. The van der Waals surface area contributed by atoms with Crippen LogP contribution in [0.5, 0.6) is 0 Å². The van der Waals surface area contributed by atoms with E-state index >= 15 is 0 Å². The monoisotopic (exact) mass is 328 g/mol. The molecule has 3 aromatic rings. The van der Waals surface area contributed by atoms with Crippen molar-refractivity contribution < 1.29 is 0 Å². The number of hydrogen-bond donors (Lipinski definition) is 0. The highest BCUT2D eigenvalue weighted by Crippen LogP contribution is 2.34. The molecule has 0 N–H and O–H groups in total. The fourth-order valence-corrected chi connectivity index (χ4v) is 3.26. The first-order valence-corrected chi connectivity index (χ1v) is 7.07. The van der Waals surface area contributed by atoms with E-state index in [0.717, 1.165) is 22.7 Å². The molecule has 0 saturated heterocycles. The van der Waals surface area contributed by atoms with E-state index in [1.807, 2.05) is 25.5 Å². The number of aryl methyl sites for hydroxylation is 3. The van der Waals surface area contributed by atoms with Crippen molar-refractivity contribution in [1.29, 1.82) is 0 Å². The summed E-state index contributed by atoms with van der Waals surface area (Å²) in [5.41, 5.74) is 3.15. The van der Waals surface area contributed by atoms with Crippen LogP contribution < -0.4 is 0 Å². The van der Waals surface area contributed by atoms with Crippen molar-refractivity contribution in [2.45, 2.75) is 13.8 Å². The summed E-state index contributed by atoms with van der Waals surface area (Å²) in [7, 11) is 1.95. The van der Waals surface area contributed by atoms with Crippen molar-refractivity contribution in [3.8, 4) is 5.69 Å². The molecule has 0 aliphatic heterocycles. The van der Waals surface area contributed by atoms with E-state index in [2.05, 4.69) is 10.1 Å². The zero-order chi connectivity index (χ0) is 14.6. The van der Waals surface area contributed by atoms with E-state index in [0.29, 0.717) is 20.8 Å². The predicted molar refractivity (Wildman–Crippen MR) is 82.3 cm³/mol. The third-order valence-corrected chi connectivity index (χ3v) is 4.08. The minimum atomic E-state index is 0.440. The van der Waals surface area contributed by atoms with Crippen molar-refractivity contribution in [3.05, 3.63) is 38.7 Å². The smallest absolute Gasteiger partial charge is 0.181 e. The van der Waals surface area contributed by atoms with Gasteiger partial charge < -0.3 is 4.57 Å². The summed E-state index contributed by atoms with van der Waals surface area (Å²) < 4.78 is 3.66. The molecule has 3 rings (SSSR count). The van der Waals surface area contributed by atoms with Crippen molar-refractivity contribution in [2.24, 2.45) is 7.05 Å². The minimum Gasteiger partial charge on any atom is -0.328 e. The molecule has 2 heterocycles. The van der Waals surface area contributed by atoms with Crippen LogP contribution in [0, 0.1) is 13.8 Å². The van der Waals surface area contributed by atoms with Gasteiger partial charge in [0.05, 0.1) is 15.7 Å². The maximum atomic E-state index is 6.26. The van der Waals surface area contributed by atoms with Gasteiger partial charge in [-0.1, -0.05) is 34.8 Å². The van der Waals surface area contributed by atoms with Crippen LogP contribution in [0.2, 0.25) is 15.1 Å². The van der Waals surface area contributed by atoms with Crippen LogP contribution in [0.25, 0.3) is 16.9 Å². The summed E-state index contributed by atoms with van der Waals surface area (Å²) in [6.07, 6.45) is 0. The van der Waals surface area contributed by atoms with Crippen molar-refractivity contribution >= 4 is 46.0 Å².